The quantitative estimate of drug-likeness (QED) is 0.615. The van der Waals surface area contributed by atoms with Gasteiger partial charge in [-0.15, -0.1) is 12.6 Å². The molecule has 1 N–H and O–H groups in total. The van der Waals surface area contributed by atoms with Gasteiger partial charge in [-0.3, -0.25) is 4.79 Å². The zero-order valence-corrected chi connectivity index (χ0v) is 16.9. The van der Waals surface area contributed by atoms with Gasteiger partial charge in [0.25, 0.3) is 5.91 Å². The van der Waals surface area contributed by atoms with Crippen LogP contribution in [0.5, 0.6) is 0 Å². The van der Waals surface area contributed by atoms with Gasteiger partial charge in [-0.1, -0.05) is 48.0 Å². The minimum atomic E-state index is -0.618. The highest BCUT2D eigenvalue weighted by atomic mass is 32.1. The predicted octanol–water partition coefficient (Wildman–Crippen LogP) is 4.86. The van der Waals surface area contributed by atoms with E-state index in [-0.39, 0.29) is 5.57 Å². The van der Waals surface area contributed by atoms with Gasteiger partial charge in [0, 0.05) is 11.3 Å². The van der Waals surface area contributed by atoms with Crippen LogP contribution in [0, 0.1) is 25.2 Å². The number of amides is 1. The average Bonchev–Trinajstić information content (AvgIpc) is 3.19. The lowest BCUT2D eigenvalue weighted by atomic mass is 10.1. The summed E-state index contributed by atoms with van der Waals surface area (Å²) < 4.78 is 6.11. The number of benzene rings is 2. The van der Waals surface area contributed by atoms with Crippen molar-refractivity contribution in [1.82, 2.24) is 5.32 Å². The standard InChI is InChI=1S/C23H19N3O2S/c1-14-7-9-16(10-8-14)19-11-12-20(28-19)21-25-22(27)17(13-24)23(29)26(21)18-6-4-3-5-15(18)2/h3-12,21,29H,1-2H3,(H,25,27). The summed E-state index contributed by atoms with van der Waals surface area (Å²) in [5, 5.41) is 12.6. The molecule has 1 amide bonds. The minimum Gasteiger partial charge on any atom is -0.457 e. The van der Waals surface area contributed by atoms with Crippen LogP contribution in [0.15, 0.2) is 75.7 Å². The molecule has 1 atom stereocenters. The normalized spacial score (nSPS) is 16.6. The topological polar surface area (TPSA) is 69.3 Å². The monoisotopic (exact) mass is 401 g/mol. The number of nitrogens with zero attached hydrogens (tertiary/aromatic N) is 2. The van der Waals surface area contributed by atoms with Crippen molar-refractivity contribution in [3.8, 4) is 17.4 Å². The van der Waals surface area contributed by atoms with Crippen molar-refractivity contribution in [2.24, 2.45) is 0 Å². The molecule has 6 heteroatoms. The second-order valence-corrected chi connectivity index (χ2v) is 7.33. The molecule has 0 saturated carbocycles. The molecule has 0 radical (unpaired) electrons. The molecule has 29 heavy (non-hydrogen) atoms. The number of nitrogens with one attached hydrogen (secondary N) is 1. The van der Waals surface area contributed by atoms with E-state index in [2.05, 4.69) is 17.9 Å². The van der Waals surface area contributed by atoms with Crippen LogP contribution in [0.4, 0.5) is 5.69 Å². The van der Waals surface area contributed by atoms with Crippen molar-refractivity contribution in [2.75, 3.05) is 4.90 Å². The molecular weight excluding hydrogens is 382 g/mol. The third kappa shape index (κ3) is 3.41. The maximum absolute atomic E-state index is 12.5. The van der Waals surface area contributed by atoms with E-state index in [4.69, 9.17) is 4.42 Å². The maximum atomic E-state index is 12.5. The number of rotatable bonds is 3. The summed E-state index contributed by atoms with van der Waals surface area (Å²) in [6.07, 6.45) is -0.618. The zero-order chi connectivity index (χ0) is 20.5. The van der Waals surface area contributed by atoms with Gasteiger partial charge in [0.15, 0.2) is 6.17 Å². The summed E-state index contributed by atoms with van der Waals surface area (Å²) in [5.41, 5.74) is 3.91. The number of anilines is 1. The smallest absolute Gasteiger partial charge is 0.266 e. The largest absolute Gasteiger partial charge is 0.457 e. The molecule has 0 fully saturated rings. The van der Waals surface area contributed by atoms with Crippen LogP contribution < -0.4 is 10.2 Å². The number of aryl methyl sites for hydroxylation is 2. The summed E-state index contributed by atoms with van der Waals surface area (Å²) in [6.45, 7) is 4.00. The Kier molecular flexibility index (Phi) is 4.91. The van der Waals surface area contributed by atoms with E-state index in [1.54, 1.807) is 0 Å². The lowest BCUT2D eigenvalue weighted by molar-refractivity contribution is -0.118. The van der Waals surface area contributed by atoms with Crippen molar-refractivity contribution in [3.63, 3.8) is 0 Å². The van der Waals surface area contributed by atoms with E-state index in [9.17, 15) is 10.1 Å². The van der Waals surface area contributed by atoms with Gasteiger partial charge in [0.1, 0.15) is 23.2 Å². The Bertz CT molecular complexity index is 1160. The lowest BCUT2D eigenvalue weighted by Gasteiger charge is -2.37. The molecule has 144 valence electrons. The van der Waals surface area contributed by atoms with Gasteiger partial charge in [-0.05, 0) is 37.6 Å². The molecule has 5 nitrogen and oxygen atoms in total. The van der Waals surface area contributed by atoms with Gasteiger partial charge >= 0.3 is 0 Å². The van der Waals surface area contributed by atoms with E-state index >= 15 is 0 Å². The summed E-state index contributed by atoms with van der Waals surface area (Å²) in [5.74, 6) is 0.788. The van der Waals surface area contributed by atoms with Crippen LogP contribution in [0.3, 0.4) is 0 Å². The van der Waals surface area contributed by atoms with Crippen molar-refractivity contribution < 1.29 is 9.21 Å². The lowest BCUT2D eigenvalue weighted by Crippen LogP contribution is -2.46. The van der Waals surface area contributed by atoms with Crippen LogP contribution in [0.1, 0.15) is 23.1 Å². The molecule has 1 aliphatic heterocycles. The third-order valence-corrected chi connectivity index (χ3v) is 5.36. The highest BCUT2D eigenvalue weighted by Gasteiger charge is 2.36. The Morgan fingerprint density at radius 2 is 1.79 bits per heavy atom. The molecular formula is C23H19N3O2S. The fraction of sp³-hybridized carbons (Fsp3) is 0.130. The molecule has 2 heterocycles. The molecule has 2 aromatic carbocycles. The van der Waals surface area contributed by atoms with Crippen molar-refractivity contribution in [3.05, 3.63) is 88.2 Å². The number of carbonyl (C=O) groups excluding carboxylic acids is 1. The number of thiol groups is 1. The average molecular weight is 401 g/mol. The summed E-state index contributed by atoms with van der Waals surface area (Å²) in [7, 11) is 0. The Morgan fingerprint density at radius 3 is 2.48 bits per heavy atom. The molecule has 0 saturated heterocycles. The molecule has 0 spiro atoms. The number of carbonyl (C=O) groups is 1. The summed E-state index contributed by atoms with van der Waals surface area (Å²) in [4.78, 5) is 14.3. The fourth-order valence-corrected chi connectivity index (χ4v) is 3.74. The van der Waals surface area contributed by atoms with Crippen molar-refractivity contribution in [2.45, 2.75) is 20.0 Å². The third-order valence-electron chi connectivity index (χ3n) is 4.92. The Hall–Kier alpha value is -3.43. The first-order valence-corrected chi connectivity index (χ1v) is 9.60. The number of hydrogen-bond acceptors (Lipinski definition) is 5. The van der Waals surface area contributed by atoms with Gasteiger partial charge in [0.2, 0.25) is 0 Å². The number of para-hydroxylation sites is 1. The summed E-state index contributed by atoms with van der Waals surface area (Å²) >= 11 is 4.53. The Balaban J connectivity index is 1.80. The van der Waals surface area contributed by atoms with E-state index < -0.39 is 12.1 Å². The maximum Gasteiger partial charge on any atom is 0.266 e. The minimum absolute atomic E-state index is 0.0295. The Labute approximate surface area is 174 Å². The summed E-state index contributed by atoms with van der Waals surface area (Å²) in [6, 6.07) is 21.4. The number of nitriles is 1. The Morgan fingerprint density at radius 1 is 1.07 bits per heavy atom. The van der Waals surface area contributed by atoms with Crippen LogP contribution in [0.2, 0.25) is 0 Å². The molecule has 0 bridgehead atoms. The first-order chi connectivity index (χ1) is 14.0. The molecule has 1 aromatic heterocycles. The van der Waals surface area contributed by atoms with Gasteiger partial charge in [-0.25, -0.2) is 0 Å². The van der Waals surface area contributed by atoms with Gasteiger partial charge in [-0.2, -0.15) is 5.26 Å². The highest BCUT2D eigenvalue weighted by molar-refractivity contribution is 7.84. The second kappa shape index (κ2) is 7.53. The van der Waals surface area contributed by atoms with E-state index in [1.807, 2.05) is 85.5 Å². The van der Waals surface area contributed by atoms with Crippen LogP contribution in [-0.2, 0) is 4.79 Å². The molecule has 1 unspecified atom stereocenters. The van der Waals surface area contributed by atoms with Crippen LogP contribution in [0.25, 0.3) is 11.3 Å². The van der Waals surface area contributed by atoms with Gasteiger partial charge in [0.05, 0.1) is 5.03 Å². The van der Waals surface area contributed by atoms with E-state index in [1.165, 1.54) is 5.56 Å². The van der Waals surface area contributed by atoms with Crippen molar-refractivity contribution >= 4 is 24.2 Å². The van der Waals surface area contributed by atoms with Crippen LogP contribution in [-0.4, -0.2) is 5.91 Å². The fourth-order valence-electron chi connectivity index (χ4n) is 3.36. The number of hydrogen-bond donors (Lipinski definition) is 2. The molecule has 0 aliphatic carbocycles. The second-order valence-electron chi connectivity index (χ2n) is 6.91. The zero-order valence-electron chi connectivity index (χ0n) is 16.0. The molecule has 4 rings (SSSR count). The number of furan rings is 1. The highest BCUT2D eigenvalue weighted by Crippen LogP contribution is 2.38. The van der Waals surface area contributed by atoms with Gasteiger partial charge < -0.3 is 14.6 Å². The van der Waals surface area contributed by atoms with E-state index in [0.717, 1.165) is 16.8 Å². The first kappa shape index (κ1) is 18.9. The SMILES string of the molecule is Cc1ccc(-c2ccc(C3NC(=O)C(C#N)=C(S)N3c3ccccc3C)o2)cc1. The van der Waals surface area contributed by atoms with Crippen LogP contribution >= 0.6 is 12.6 Å². The van der Waals surface area contributed by atoms with Crippen molar-refractivity contribution in [1.29, 1.82) is 5.26 Å². The predicted molar refractivity (Wildman–Crippen MR) is 115 cm³/mol. The first-order valence-electron chi connectivity index (χ1n) is 9.15. The molecule has 3 aromatic rings. The van der Waals surface area contributed by atoms with E-state index in [0.29, 0.717) is 16.5 Å². The molecule has 1 aliphatic rings.